The van der Waals surface area contributed by atoms with Crippen LogP contribution in [0, 0.1) is 0 Å². The molecular formula is C37H39F2N9O4S. The average molecular weight is 744 g/mol. The summed E-state index contributed by atoms with van der Waals surface area (Å²) in [5.74, 6) is -3.13. The number of rotatable bonds is 4. The lowest BCUT2D eigenvalue weighted by Gasteiger charge is -2.47. The predicted molar refractivity (Wildman–Crippen MR) is 200 cm³/mol. The number of nitrogens with one attached hydrogen (secondary N) is 3. The average Bonchev–Trinajstić information content (AvgIpc) is 3.59. The Bertz CT molecular complexity index is 2400. The number of carbonyl (C=O) groups is 3. The lowest BCUT2D eigenvalue weighted by atomic mass is 9.97. The SMILES string of the molecule is C[C@@H]1CNc2c(sc3ccc4nc(N5CCN([C@H]6CCN(c7ccc8c(c7)n(C)c(=O)n8C7CCC(=O)NC7=O)CC6(F)F)CC5)ccc4c23)C(=O)N1. The summed E-state index contributed by atoms with van der Waals surface area (Å²) < 4.78 is 35.8. The van der Waals surface area contributed by atoms with E-state index in [0.717, 1.165) is 32.5 Å². The third-order valence-corrected chi connectivity index (χ3v) is 12.4. The molecule has 0 bridgehead atoms. The number of imidazole rings is 1. The number of alkyl halides is 2. The number of amides is 3. The normalized spacial score (nSPS) is 23.9. The first kappa shape index (κ1) is 33.7. The third kappa shape index (κ3) is 5.61. The van der Waals surface area contributed by atoms with Gasteiger partial charge in [-0.1, -0.05) is 0 Å². The molecule has 13 nitrogen and oxygen atoms in total. The van der Waals surface area contributed by atoms with E-state index in [4.69, 9.17) is 4.98 Å². The molecule has 5 aromatic rings. The summed E-state index contributed by atoms with van der Waals surface area (Å²) in [5.41, 5.74) is 2.92. The molecule has 4 aliphatic heterocycles. The van der Waals surface area contributed by atoms with Crippen LogP contribution in [0.3, 0.4) is 0 Å². The molecule has 0 aliphatic carbocycles. The Morgan fingerprint density at radius 3 is 2.51 bits per heavy atom. The molecule has 3 amide bonds. The molecule has 2 aromatic carbocycles. The second kappa shape index (κ2) is 12.5. The van der Waals surface area contributed by atoms with Gasteiger partial charge in [-0.3, -0.25) is 33.7 Å². The van der Waals surface area contributed by atoms with E-state index >= 15 is 8.78 Å². The number of nitrogens with zero attached hydrogens (tertiary/aromatic N) is 6. The summed E-state index contributed by atoms with van der Waals surface area (Å²) >= 11 is 1.47. The Morgan fingerprint density at radius 1 is 0.925 bits per heavy atom. The number of pyridine rings is 1. The molecule has 276 valence electrons. The minimum Gasteiger partial charge on any atom is -0.381 e. The summed E-state index contributed by atoms with van der Waals surface area (Å²) in [6.45, 7) is 4.69. The molecule has 7 heterocycles. The van der Waals surface area contributed by atoms with Gasteiger partial charge in [0, 0.05) is 79.9 Å². The smallest absolute Gasteiger partial charge is 0.329 e. The van der Waals surface area contributed by atoms with Crippen molar-refractivity contribution >= 4 is 78.3 Å². The second-order valence-corrected chi connectivity index (χ2v) is 15.7. The van der Waals surface area contributed by atoms with Gasteiger partial charge in [0.2, 0.25) is 11.8 Å². The van der Waals surface area contributed by atoms with Gasteiger partial charge in [0.15, 0.2) is 0 Å². The van der Waals surface area contributed by atoms with E-state index in [1.54, 1.807) is 30.1 Å². The van der Waals surface area contributed by atoms with Crippen molar-refractivity contribution in [2.75, 3.05) is 60.9 Å². The number of fused-ring (bicyclic) bond motifs is 6. The van der Waals surface area contributed by atoms with Gasteiger partial charge in [-0.05, 0) is 62.2 Å². The molecule has 3 aromatic heterocycles. The zero-order valence-electron chi connectivity index (χ0n) is 29.3. The van der Waals surface area contributed by atoms with Gasteiger partial charge in [0.05, 0.1) is 34.8 Å². The minimum absolute atomic E-state index is 0.0183. The lowest BCUT2D eigenvalue weighted by Crippen LogP contribution is -2.62. The summed E-state index contributed by atoms with van der Waals surface area (Å²) in [6, 6.07) is 11.5. The highest BCUT2D eigenvalue weighted by Gasteiger charge is 2.48. The summed E-state index contributed by atoms with van der Waals surface area (Å²) in [7, 11) is 1.60. The van der Waals surface area contributed by atoms with Crippen molar-refractivity contribution < 1.29 is 23.2 Å². The van der Waals surface area contributed by atoms with Crippen LogP contribution in [0.4, 0.5) is 26.0 Å². The molecule has 4 aliphatic rings. The first-order valence-corrected chi connectivity index (χ1v) is 18.9. The minimum atomic E-state index is -2.98. The number of anilines is 3. The van der Waals surface area contributed by atoms with E-state index in [9.17, 15) is 19.2 Å². The molecule has 3 fully saturated rings. The van der Waals surface area contributed by atoms with Crippen molar-refractivity contribution in [3.05, 3.63) is 57.8 Å². The quantitative estimate of drug-likeness (QED) is 0.236. The van der Waals surface area contributed by atoms with Crippen molar-refractivity contribution in [1.29, 1.82) is 0 Å². The van der Waals surface area contributed by atoms with Gasteiger partial charge in [-0.15, -0.1) is 11.3 Å². The number of imide groups is 1. The molecule has 53 heavy (non-hydrogen) atoms. The molecule has 1 unspecified atom stereocenters. The van der Waals surface area contributed by atoms with Crippen LogP contribution >= 0.6 is 11.3 Å². The largest absolute Gasteiger partial charge is 0.381 e. The molecule has 0 spiro atoms. The monoisotopic (exact) mass is 743 g/mol. The van der Waals surface area contributed by atoms with Crippen LogP contribution in [-0.4, -0.2) is 101 Å². The van der Waals surface area contributed by atoms with E-state index in [1.807, 2.05) is 30.0 Å². The topological polar surface area (TPSA) is 137 Å². The maximum atomic E-state index is 16.0. The number of piperidine rings is 2. The van der Waals surface area contributed by atoms with E-state index in [0.29, 0.717) is 60.9 Å². The van der Waals surface area contributed by atoms with E-state index < -0.39 is 36.1 Å². The fourth-order valence-corrected chi connectivity index (χ4v) is 9.63. The Labute approximate surface area is 306 Å². The van der Waals surface area contributed by atoms with Crippen LogP contribution in [0.1, 0.15) is 41.9 Å². The van der Waals surface area contributed by atoms with Gasteiger partial charge in [-0.25, -0.2) is 18.6 Å². The van der Waals surface area contributed by atoms with Crippen LogP contribution in [-0.2, 0) is 16.6 Å². The van der Waals surface area contributed by atoms with Crippen LogP contribution in [0.15, 0.2) is 47.3 Å². The first-order valence-electron chi connectivity index (χ1n) is 18.0. The second-order valence-electron chi connectivity index (χ2n) is 14.6. The van der Waals surface area contributed by atoms with Crippen molar-refractivity contribution in [2.45, 2.75) is 50.2 Å². The zero-order valence-corrected chi connectivity index (χ0v) is 30.1. The molecule has 3 atom stereocenters. The molecule has 3 saturated heterocycles. The number of halogens is 2. The highest BCUT2D eigenvalue weighted by molar-refractivity contribution is 7.21. The molecule has 16 heteroatoms. The van der Waals surface area contributed by atoms with Crippen molar-refractivity contribution in [3.8, 4) is 0 Å². The number of carbonyl (C=O) groups excluding carboxylic acids is 3. The first-order chi connectivity index (χ1) is 25.5. The fraction of sp³-hybridized carbons (Fsp3) is 0.432. The van der Waals surface area contributed by atoms with Crippen LogP contribution in [0.2, 0.25) is 0 Å². The lowest BCUT2D eigenvalue weighted by molar-refractivity contribution is -0.135. The van der Waals surface area contributed by atoms with Gasteiger partial charge >= 0.3 is 5.69 Å². The van der Waals surface area contributed by atoms with E-state index in [1.165, 1.54) is 20.5 Å². The predicted octanol–water partition coefficient (Wildman–Crippen LogP) is 3.66. The molecule has 3 N–H and O–H groups in total. The van der Waals surface area contributed by atoms with Gasteiger partial charge in [-0.2, -0.15) is 0 Å². The van der Waals surface area contributed by atoms with Gasteiger partial charge in [0.1, 0.15) is 16.7 Å². The standard InChI is InChI=1S/C37H39F2N9O4S/c1-20-18-40-32-31-22-4-9-29(42-23(22)5-8-27(31)53-33(32)35(51)41-20)46-15-13-45(14-16-46)28-11-12-47(19-37(28,38)39)21-3-6-24-26(17-21)44(2)36(52)48(24)25-7-10-30(49)43-34(25)50/h3-6,8-9,17,20,25,28,40H,7,10-16,18-19H2,1-2H3,(H,41,51)(H,43,49,50)/t20-,25?,28+/m1/s1. The van der Waals surface area contributed by atoms with Crippen LogP contribution in [0.5, 0.6) is 0 Å². The number of aromatic nitrogens is 3. The van der Waals surface area contributed by atoms with Crippen LogP contribution < -0.4 is 31.4 Å². The Hall–Kier alpha value is -5.09. The van der Waals surface area contributed by atoms with Gasteiger partial charge in [0.25, 0.3) is 11.8 Å². The molecule has 0 saturated carbocycles. The Balaban J connectivity index is 0.885. The number of hydrogen-bond acceptors (Lipinski definition) is 10. The summed E-state index contributed by atoms with van der Waals surface area (Å²) in [4.78, 5) is 61.7. The van der Waals surface area contributed by atoms with Crippen LogP contribution in [0.25, 0.3) is 32.0 Å². The number of benzene rings is 2. The van der Waals surface area contributed by atoms with Crippen molar-refractivity contribution in [3.63, 3.8) is 0 Å². The molecule has 9 rings (SSSR count). The summed E-state index contributed by atoms with van der Waals surface area (Å²) in [5, 5.41) is 10.8. The van der Waals surface area contributed by atoms with E-state index in [2.05, 4.69) is 26.9 Å². The Morgan fingerprint density at radius 2 is 1.74 bits per heavy atom. The maximum Gasteiger partial charge on any atom is 0.329 e. The zero-order chi connectivity index (χ0) is 36.8. The van der Waals surface area contributed by atoms with E-state index in [-0.39, 0.29) is 37.1 Å². The third-order valence-electron chi connectivity index (χ3n) is 11.3. The fourth-order valence-electron chi connectivity index (χ4n) is 8.53. The van der Waals surface area contributed by atoms with Gasteiger partial charge < -0.3 is 20.4 Å². The number of hydrogen-bond donors (Lipinski definition) is 3. The van der Waals surface area contributed by atoms with Crippen molar-refractivity contribution in [1.82, 2.24) is 29.7 Å². The molecular weight excluding hydrogens is 705 g/mol. The maximum absolute atomic E-state index is 16.0. The Kier molecular flexibility index (Phi) is 7.96. The summed E-state index contributed by atoms with van der Waals surface area (Å²) in [6.07, 6.45) is 0.636. The molecule has 0 radical (unpaired) electrons. The number of piperazine rings is 1. The number of thiophene rings is 1. The highest BCUT2D eigenvalue weighted by Crippen LogP contribution is 2.41. The van der Waals surface area contributed by atoms with Crippen molar-refractivity contribution in [2.24, 2.45) is 7.05 Å². The number of aryl methyl sites for hydroxylation is 1. The highest BCUT2D eigenvalue weighted by atomic mass is 32.1.